The maximum Gasteiger partial charge on any atom is 0.266 e. The van der Waals surface area contributed by atoms with Crippen LogP contribution in [0.25, 0.3) is 0 Å². The number of piperazine rings is 1. The van der Waals surface area contributed by atoms with Crippen LogP contribution in [0.5, 0.6) is 0 Å². The summed E-state index contributed by atoms with van der Waals surface area (Å²) >= 11 is 4.75. The van der Waals surface area contributed by atoms with Crippen molar-refractivity contribution < 1.29 is 4.79 Å². The van der Waals surface area contributed by atoms with E-state index in [-0.39, 0.29) is 5.91 Å². The lowest BCUT2D eigenvalue weighted by Gasteiger charge is -2.36. The molecule has 1 amide bonds. The van der Waals surface area contributed by atoms with E-state index in [1.165, 1.54) is 11.3 Å². The molecule has 1 aliphatic heterocycles. The van der Waals surface area contributed by atoms with Crippen molar-refractivity contribution in [3.63, 3.8) is 0 Å². The molecule has 134 valence electrons. The van der Waals surface area contributed by atoms with Gasteiger partial charge in [0.05, 0.1) is 5.69 Å². The summed E-state index contributed by atoms with van der Waals surface area (Å²) in [4.78, 5) is 26.6. The quantitative estimate of drug-likeness (QED) is 0.814. The van der Waals surface area contributed by atoms with Crippen LogP contribution >= 0.6 is 27.3 Å². The van der Waals surface area contributed by atoms with Gasteiger partial charge in [-0.1, -0.05) is 11.3 Å². The van der Waals surface area contributed by atoms with Crippen LogP contribution in [-0.4, -0.2) is 57.9 Å². The molecule has 8 heteroatoms. The lowest BCUT2D eigenvalue weighted by molar-refractivity contribution is 0.0599. The summed E-state index contributed by atoms with van der Waals surface area (Å²) in [5.41, 5.74) is 0.765. The van der Waals surface area contributed by atoms with Crippen LogP contribution in [0.15, 0.2) is 22.8 Å². The van der Waals surface area contributed by atoms with Crippen molar-refractivity contribution in [2.24, 2.45) is 0 Å². The molecule has 0 spiro atoms. The highest BCUT2D eigenvalue weighted by molar-refractivity contribution is 9.10. The maximum absolute atomic E-state index is 12.8. The molecule has 1 N–H and O–H groups in total. The molecule has 6 nitrogen and oxygen atoms in total. The number of pyridine rings is 1. The van der Waals surface area contributed by atoms with Crippen molar-refractivity contribution in [3.8, 4) is 0 Å². The van der Waals surface area contributed by atoms with E-state index in [1.54, 1.807) is 6.20 Å². The standard InChI is InChI=1S/C17H22BrN5OS/c1-11(2)22-6-8-23(9-7-22)16(24)15-12(3)20-17(25-15)21-14-5-4-13(18)10-19-14/h4-5,10-11H,6-9H2,1-3H3,(H,19,20,21). The number of anilines is 2. The normalized spacial score (nSPS) is 15.6. The Morgan fingerprint density at radius 1 is 1.28 bits per heavy atom. The molecule has 0 atom stereocenters. The molecule has 0 unspecified atom stereocenters. The summed E-state index contributed by atoms with van der Waals surface area (Å²) in [6, 6.07) is 4.31. The van der Waals surface area contributed by atoms with Crippen LogP contribution in [0.1, 0.15) is 29.2 Å². The molecule has 0 saturated carbocycles. The van der Waals surface area contributed by atoms with Crippen LogP contribution in [0, 0.1) is 6.92 Å². The van der Waals surface area contributed by atoms with Gasteiger partial charge in [-0.05, 0) is 48.8 Å². The van der Waals surface area contributed by atoms with E-state index in [2.05, 4.69) is 50.0 Å². The van der Waals surface area contributed by atoms with Crippen LogP contribution in [0.3, 0.4) is 0 Å². The van der Waals surface area contributed by atoms with E-state index in [0.717, 1.165) is 36.3 Å². The lowest BCUT2D eigenvalue weighted by Crippen LogP contribution is -2.50. The topological polar surface area (TPSA) is 61.4 Å². The minimum absolute atomic E-state index is 0.0789. The van der Waals surface area contributed by atoms with Gasteiger partial charge in [-0.2, -0.15) is 0 Å². The first-order valence-electron chi connectivity index (χ1n) is 8.33. The summed E-state index contributed by atoms with van der Waals surface area (Å²) in [5, 5.41) is 3.86. The van der Waals surface area contributed by atoms with E-state index in [4.69, 9.17) is 0 Å². The lowest BCUT2D eigenvalue weighted by atomic mass is 10.2. The molecule has 3 rings (SSSR count). The summed E-state index contributed by atoms with van der Waals surface area (Å²) in [5.74, 6) is 0.789. The minimum atomic E-state index is 0.0789. The zero-order valence-corrected chi connectivity index (χ0v) is 17.0. The van der Waals surface area contributed by atoms with Crippen molar-refractivity contribution >= 4 is 44.1 Å². The van der Waals surface area contributed by atoms with Crippen LogP contribution in [-0.2, 0) is 0 Å². The highest BCUT2D eigenvalue weighted by Crippen LogP contribution is 2.27. The van der Waals surface area contributed by atoms with Gasteiger partial charge >= 0.3 is 0 Å². The zero-order valence-electron chi connectivity index (χ0n) is 14.6. The highest BCUT2D eigenvalue weighted by atomic mass is 79.9. The van der Waals surface area contributed by atoms with Crippen molar-refractivity contribution in [2.75, 3.05) is 31.5 Å². The second kappa shape index (κ2) is 7.80. The second-order valence-corrected chi connectivity index (χ2v) is 8.26. The molecule has 1 fully saturated rings. The van der Waals surface area contributed by atoms with Gasteiger partial charge in [-0.15, -0.1) is 0 Å². The molecule has 2 aromatic heterocycles. The number of carbonyl (C=O) groups is 1. The smallest absolute Gasteiger partial charge is 0.266 e. The number of carbonyl (C=O) groups excluding carboxylic acids is 1. The van der Waals surface area contributed by atoms with Crippen LogP contribution < -0.4 is 5.32 Å². The van der Waals surface area contributed by atoms with Crippen molar-refractivity contribution in [3.05, 3.63) is 33.4 Å². The summed E-state index contributed by atoms with van der Waals surface area (Å²) in [7, 11) is 0. The number of rotatable bonds is 4. The monoisotopic (exact) mass is 423 g/mol. The fourth-order valence-corrected chi connectivity index (χ4v) is 3.97. The van der Waals surface area contributed by atoms with Gasteiger partial charge in [0.25, 0.3) is 5.91 Å². The molecule has 0 aliphatic carbocycles. The Bertz CT molecular complexity index is 738. The number of aryl methyl sites for hydroxylation is 1. The first-order chi connectivity index (χ1) is 11.9. The molecule has 3 heterocycles. The molecule has 1 aliphatic rings. The largest absolute Gasteiger partial charge is 0.335 e. The first-order valence-corrected chi connectivity index (χ1v) is 9.94. The summed E-state index contributed by atoms with van der Waals surface area (Å²) in [6.45, 7) is 9.66. The van der Waals surface area contributed by atoms with Crippen molar-refractivity contribution in [1.29, 1.82) is 0 Å². The first kappa shape index (κ1) is 18.3. The number of amides is 1. The molecule has 2 aromatic rings. The average molecular weight is 424 g/mol. The van der Waals surface area contributed by atoms with E-state index in [1.807, 2.05) is 24.0 Å². The highest BCUT2D eigenvalue weighted by Gasteiger charge is 2.26. The van der Waals surface area contributed by atoms with Crippen LogP contribution in [0.4, 0.5) is 10.9 Å². The predicted octanol–water partition coefficient (Wildman–Crippen LogP) is 3.52. The third-order valence-corrected chi connectivity index (χ3v) is 5.81. The Kier molecular flexibility index (Phi) is 5.71. The number of thiazole rings is 1. The third-order valence-electron chi connectivity index (χ3n) is 4.28. The van der Waals surface area contributed by atoms with Gasteiger partial charge in [-0.25, -0.2) is 9.97 Å². The molecule has 0 bridgehead atoms. The molecular formula is C17H22BrN5OS. The Morgan fingerprint density at radius 3 is 2.60 bits per heavy atom. The number of halogens is 1. The van der Waals surface area contributed by atoms with Crippen molar-refractivity contribution in [1.82, 2.24) is 19.8 Å². The van der Waals surface area contributed by atoms with Crippen LogP contribution in [0.2, 0.25) is 0 Å². The number of nitrogens with one attached hydrogen (secondary N) is 1. The number of hydrogen-bond acceptors (Lipinski definition) is 6. The van der Waals surface area contributed by atoms with Gasteiger partial charge < -0.3 is 10.2 Å². The van der Waals surface area contributed by atoms with Gasteiger partial charge in [0, 0.05) is 42.9 Å². The predicted molar refractivity (Wildman–Crippen MR) is 105 cm³/mol. The summed E-state index contributed by atoms with van der Waals surface area (Å²) in [6.07, 6.45) is 1.73. The van der Waals surface area contributed by atoms with Gasteiger partial charge in [0.2, 0.25) is 0 Å². The molecule has 25 heavy (non-hydrogen) atoms. The fraction of sp³-hybridized carbons (Fsp3) is 0.471. The SMILES string of the molecule is Cc1nc(Nc2ccc(Br)cn2)sc1C(=O)N1CCN(C(C)C)CC1. The van der Waals surface area contributed by atoms with E-state index < -0.39 is 0 Å². The Hall–Kier alpha value is -1.51. The van der Waals surface area contributed by atoms with Gasteiger partial charge in [-0.3, -0.25) is 9.69 Å². The van der Waals surface area contributed by atoms with E-state index in [9.17, 15) is 4.79 Å². The van der Waals surface area contributed by atoms with E-state index in [0.29, 0.717) is 21.9 Å². The number of nitrogens with zero attached hydrogens (tertiary/aromatic N) is 4. The molecular weight excluding hydrogens is 402 g/mol. The molecule has 1 saturated heterocycles. The number of aromatic nitrogens is 2. The average Bonchev–Trinajstić information content (AvgIpc) is 2.96. The minimum Gasteiger partial charge on any atom is -0.335 e. The van der Waals surface area contributed by atoms with E-state index >= 15 is 0 Å². The second-order valence-electron chi connectivity index (χ2n) is 6.34. The summed E-state index contributed by atoms with van der Waals surface area (Å²) < 4.78 is 0.921. The van der Waals surface area contributed by atoms with Gasteiger partial charge in [0.15, 0.2) is 5.13 Å². The molecule has 0 radical (unpaired) electrons. The Balaban J connectivity index is 1.67. The maximum atomic E-state index is 12.8. The Morgan fingerprint density at radius 2 is 2.00 bits per heavy atom. The number of hydrogen-bond donors (Lipinski definition) is 1. The molecule has 0 aromatic carbocycles. The Labute approximate surface area is 160 Å². The fourth-order valence-electron chi connectivity index (χ4n) is 2.79. The zero-order chi connectivity index (χ0) is 18.0. The third kappa shape index (κ3) is 4.37. The van der Waals surface area contributed by atoms with Crippen molar-refractivity contribution in [2.45, 2.75) is 26.8 Å². The van der Waals surface area contributed by atoms with Gasteiger partial charge in [0.1, 0.15) is 10.7 Å².